The molecule has 3 rings (SSSR count). The van der Waals surface area contributed by atoms with E-state index in [1.807, 2.05) is 37.3 Å². The predicted molar refractivity (Wildman–Crippen MR) is 85.1 cm³/mol. The topological polar surface area (TPSA) is 78.2 Å². The summed E-state index contributed by atoms with van der Waals surface area (Å²) in [4.78, 5) is 17.8. The van der Waals surface area contributed by atoms with E-state index >= 15 is 0 Å². The average Bonchev–Trinajstić information content (AvgIpc) is 2.53. The first-order valence-electron chi connectivity index (χ1n) is 7.30. The largest absolute Gasteiger partial charge is 0.470 e. The molecule has 2 amide bonds. The van der Waals surface area contributed by atoms with Gasteiger partial charge in [0.1, 0.15) is 17.7 Å². The van der Waals surface area contributed by atoms with Gasteiger partial charge in [0.2, 0.25) is 5.88 Å². The lowest BCUT2D eigenvalue weighted by atomic mass is 10.2. The van der Waals surface area contributed by atoms with Crippen molar-refractivity contribution in [1.29, 1.82) is 5.26 Å². The molecule has 1 saturated heterocycles. The zero-order valence-electron chi connectivity index (χ0n) is 12.7. The van der Waals surface area contributed by atoms with E-state index < -0.39 is 0 Å². The van der Waals surface area contributed by atoms with E-state index in [-0.39, 0.29) is 12.1 Å². The van der Waals surface area contributed by atoms with E-state index in [4.69, 9.17) is 10.00 Å². The normalized spacial score (nSPS) is 13.8. The van der Waals surface area contributed by atoms with Crippen LogP contribution in [-0.4, -0.2) is 35.1 Å². The Balaban J connectivity index is 1.51. The Morgan fingerprint density at radius 2 is 2.09 bits per heavy atom. The van der Waals surface area contributed by atoms with Gasteiger partial charge in [0.05, 0.1) is 13.1 Å². The van der Waals surface area contributed by atoms with Crippen molar-refractivity contribution in [3.8, 4) is 11.9 Å². The number of pyridine rings is 1. The Bertz CT molecular complexity index is 746. The lowest BCUT2D eigenvalue weighted by Gasteiger charge is -2.38. The highest BCUT2D eigenvalue weighted by molar-refractivity contribution is 5.89. The van der Waals surface area contributed by atoms with Crippen LogP contribution in [0.15, 0.2) is 42.6 Å². The Morgan fingerprint density at radius 3 is 2.78 bits per heavy atom. The van der Waals surface area contributed by atoms with Crippen molar-refractivity contribution in [3.63, 3.8) is 0 Å². The minimum atomic E-state index is -0.157. The molecule has 23 heavy (non-hydrogen) atoms. The number of ether oxygens (including phenoxy) is 1. The van der Waals surface area contributed by atoms with E-state index in [0.29, 0.717) is 24.5 Å². The first-order valence-corrected chi connectivity index (χ1v) is 7.30. The van der Waals surface area contributed by atoms with Crippen molar-refractivity contribution in [2.75, 3.05) is 18.4 Å². The van der Waals surface area contributed by atoms with Gasteiger partial charge in [-0.1, -0.05) is 17.7 Å². The molecule has 0 bridgehead atoms. The van der Waals surface area contributed by atoms with Crippen LogP contribution in [0.1, 0.15) is 11.1 Å². The standard InChI is InChI=1S/C17H16N4O2/c1-12-4-6-14(7-5-12)20-17(22)21-10-15(11-21)23-16-13(9-18)3-2-8-19-16/h2-8,15H,10-11H2,1H3,(H,20,22). The van der Waals surface area contributed by atoms with Crippen molar-refractivity contribution in [2.45, 2.75) is 13.0 Å². The molecule has 1 aliphatic heterocycles. The third-order valence-electron chi connectivity index (χ3n) is 3.61. The summed E-state index contributed by atoms with van der Waals surface area (Å²) < 4.78 is 5.66. The van der Waals surface area contributed by atoms with Gasteiger partial charge in [0.15, 0.2) is 0 Å². The number of carbonyl (C=O) groups excluding carboxylic acids is 1. The minimum absolute atomic E-state index is 0.138. The second-order valence-electron chi connectivity index (χ2n) is 5.41. The molecule has 6 heteroatoms. The van der Waals surface area contributed by atoms with Crippen LogP contribution in [0, 0.1) is 18.3 Å². The molecule has 1 aromatic heterocycles. The van der Waals surface area contributed by atoms with Crippen LogP contribution < -0.4 is 10.1 Å². The van der Waals surface area contributed by atoms with Crippen LogP contribution in [0.5, 0.6) is 5.88 Å². The number of likely N-dealkylation sites (tertiary alicyclic amines) is 1. The maximum Gasteiger partial charge on any atom is 0.322 e. The number of aromatic nitrogens is 1. The second kappa shape index (κ2) is 6.36. The summed E-state index contributed by atoms with van der Waals surface area (Å²) in [5.41, 5.74) is 2.31. The zero-order valence-corrected chi connectivity index (χ0v) is 12.7. The van der Waals surface area contributed by atoms with E-state index in [0.717, 1.165) is 11.3 Å². The summed E-state index contributed by atoms with van der Waals surface area (Å²) in [7, 11) is 0. The number of nitrogens with one attached hydrogen (secondary N) is 1. The molecule has 1 fully saturated rings. The summed E-state index contributed by atoms with van der Waals surface area (Å²) in [5, 5.41) is 11.8. The molecule has 1 aliphatic rings. The molecule has 2 heterocycles. The lowest BCUT2D eigenvalue weighted by Crippen LogP contribution is -2.57. The molecule has 0 spiro atoms. The van der Waals surface area contributed by atoms with Crippen LogP contribution in [0.3, 0.4) is 0 Å². The molecule has 0 radical (unpaired) electrons. The fourth-order valence-corrected chi connectivity index (χ4v) is 2.25. The zero-order chi connectivity index (χ0) is 16.2. The fraction of sp³-hybridized carbons (Fsp3) is 0.235. The first-order chi connectivity index (χ1) is 11.2. The highest BCUT2D eigenvalue weighted by atomic mass is 16.5. The van der Waals surface area contributed by atoms with Gasteiger partial charge in [-0.25, -0.2) is 9.78 Å². The molecule has 0 saturated carbocycles. The quantitative estimate of drug-likeness (QED) is 0.945. The highest BCUT2D eigenvalue weighted by Gasteiger charge is 2.33. The van der Waals surface area contributed by atoms with Gasteiger partial charge >= 0.3 is 6.03 Å². The number of aryl methyl sites for hydroxylation is 1. The van der Waals surface area contributed by atoms with Gasteiger partial charge < -0.3 is 15.0 Å². The van der Waals surface area contributed by atoms with Gasteiger partial charge in [0, 0.05) is 11.9 Å². The third-order valence-corrected chi connectivity index (χ3v) is 3.61. The minimum Gasteiger partial charge on any atom is -0.470 e. The molecule has 0 unspecified atom stereocenters. The first kappa shape index (κ1) is 14.9. The number of nitrogens with zero attached hydrogens (tertiary/aromatic N) is 3. The van der Waals surface area contributed by atoms with Crippen LogP contribution >= 0.6 is 0 Å². The number of carbonyl (C=O) groups is 1. The monoisotopic (exact) mass is 308 g/mol. The maximum atomic E-state index is 12.1. The summed E-state index contributed by atoms with van der Waals surface area (Å²) in [6.45, 7) is 2.94. The molecule has 0 aliphatic carbocycles. The van der Waals surface area contributed by atoms with Crippen molar-refractivity contribution < 1.29 is 9.53 Å². The molecule has 1 aromatic carbocycles. The Morgan fingerprint density at radius 1 is 1.35 bits per heavy atom. The molecular weight excluding hydrogens is 292 g/mol. The molecule has 116 valence electrons. The van der Waals surface area contributed by atoms with E-state index in [9.17, 15) is 4.79 Å². The summed E-state index contributed by atoms with van der Waals surface area (Å²) in [6.07, 6.45) is 1.44. The van der Waals surface area contributed by atoms with Gasteiger partial charge in [-0.15, -0.1) is 0 Å². The second-order valence-corrected chi connectivity index (χ2v) is 5.41. The number of hydrogen-bond donors (Lipinski definition) is 1. The number of rotatable bonds is 3. The SMILES string of the molecule is Cc1ccc(NC(=O)N2CC(Oc3ncccc3C#N)C2)cc1. The Kier molecular flexibility index (Phi) is 4.11. The molecule has 6 nitrogen and oxygen atoms in total. The predicted octanol–water partition coefficient (Wildman–Crippen LogP) is 2.56. The lowest BCUT2D eigenvalue weighted by molar-refractivity contribution is 0.0459. The van der Waals surface area contributed by atoms with Gasteiger partial charge in [-0.2, -0.15) is 5.26 Å². The highest BCUT2D eigenvalue weighted by Crippen LogP contribution is 2.20. The molecule has 1 N–H and O–H groups in total. The molecular formula is C17H16N4O2. The van der Waals surface area contributed by atoms with E-state index in [1.165, 1.54) is 0 Å². The van der Waals surface area contributed by atoms with Crippen molar-refractivity contribution in [1.82, 2.24) is 9.88 Å². The number of amides is 2. The van der Waals surface area contributed by atoms with Crippen LogP contribution in [0.25, 0.3) is 0 Å². The average molecular weight is 308 g/mol. The Hall–Kier alpha value is -3.07. The van der Waals surface area contributed by atoms with Crippen LogP contribution in [0.2, 0.25) is 0 Å². The third kappa shape index (κ3) is 3.40. The number of urea groups is 1. The number of anilines is 1. The van der Waals surface area contributed by atoms with Gasteiger partial charge in [0.25, 0.3) is 0 Å². The van der Waals surface area contributed by atoms with Gasteiger partial charge in [-0.3, -0.25) is 0 Å². The summed E-state index contributed by atoms with van der Waals surface area (Å²) in [6, 6.07) is 12.9. The molecule has 0 atom stereocenters. The van der Waals surface area contributed by atoms with Crippen molar-refractivity contribution in [2.24, 2.45) is 0 Å². The van der Waals surface area contributed by atoms with Crippen molar-refractivity contribution >= 4 is 11.7 Å². The Labute approximate surface area is 134 Å². The number of nitriles is 1. The molecule has 2 aromatic rings. The van der Waals surface area contributed by atoms with E-state index in [2.05, 4.69) is 10.3 Å². The van der Waals surface area contributed by atoms with E-state index in [1.54, 1.807) is 23.2 Å². The maximum absolute atomic E-state index is 12.1. The fourth-order valence-electron chi connectivity index (χ4n) is 2.25. The number of benzene rings is 1. The van der Waals surface area contributed by atoms with Crippen LogP contribution in [-0.2, 0) is 0 Å². The van der Waals surface area contributed by atoms with Crippen LogP contribution in [0.4, 0.5) is 10.5 Å². The summed E-state index contributed by atoms with van der Waals surface area (Å²) >= 11 is 0. The van der Waals surface area contributed by atoms with Gasteiger partial charge in [-0.05, 0) is 31.2 Å². The summed E-state index contributed by atoms with van der Waals surface area (Å²) in [5.74, 6) is 0.318. The smallest absolute Gasteiger partial charge is 0.322 e. The number of hydrogen-bond acceptors (Lipinski definition) is 4. The van der Waals surface area contributed by atoms with Crippen molar-refractivity contribution in [3.05, 3.63) is 53.7 Å².